The Hall–Kier alpha value is -1.45. The molecule has 1 unspecified atom stereocenters. The first-order valence-corrected chi connectivity index (χ1v) is 6.84. The molecule has 4 heteroatoms. The van der Waals surface area contributed by atoms with Crippen molar-refractivity contribution in [1.29, 1.82) is 0 Å². The Morgan fingerprint density at radius 1 is 1.05 bits per heavy atom. The van der Waals surface area contributed by atoms with Crippen LogP contribution in [0.1, 0.15) is 11.1 Å². The maximum Gasteiger partial charge on any atom is 0.127 e. The molecule has 2 aromatic carbocycles. The average Bonchev–Trinajstić information content (AvgIpc) is 2.41. The predicted octanol–water partition coefficient (Wildman–Crippen LogP) is 3.98. The summed E-state index contributed by atoms with van der Waals surface area (Å²) in [5.74, 6) is -0.529. The van der Waals surface area contributed by atoms with Gasteiger partial charge in [0.2, 0.25) is 0 Å². The first-order chi connectivity index (χ1) is 9.58. The van der Waals surface area contributed by atoms with Crippen LogP contribution in [-0.4, -0.2) is 6.54 Å². The van der Waals surface area contributed by atoms with E-state index in [2.05, 4.69) is 0 Å². The third kappa shape index (κ3) is 4.02. The summed E-state index contributed by atoms with van der Waals surface area (Å²) in [6.07, 6.45) is 1.13. The molecular weight excluding hydrogens is 280 g/mol. The second kappa shape index (κ2) is 6.82. The lowest BCUT2D eigenvalue weighted by atomic mass is 9.92. The summed E-state index contributed by atoms with van der Waals surface area (Å²) in [6, 6.07) is 11.0. The Morgan fingerprint density at radius 3 is 2.50 bits per heavy atom. The van der Waals surface area contributed by atoms with Gasteiger partial charge < -0.3 is 5.73 Å². The normalized spacial score (nSPS) is 12.4. The molecule has 2 N–H and O–H groups in total. The molecule has 0 saturated carbocycles. The van der Waals surface area contributed by atoms with E-state index < -0.39 is 0 Å². The minimum Gasteiger partial charge on any atom is -0.330 e. The van der Waals surface area contributed by atoms with Crippen molar-refractivity contribution in [3.8, 4) is 0 Å². The Morgan fingerprint density at radius 2 is 1.85 bits per heavy atom. The molecule has 0 aliphatic heterocycles. The van der Waals surface area contributed by atoms with Crippen molar-refractivity contribution in [2.24, 2.45) is 11.7 Å². The third-order valence-electron chi connectivity index (χ3n) is 3.27. The number of hydrogen-bond acceptors (Lipinski definition) is 1. The highest BCUT2D eigenvalue weighted by atomic mass is 35.5. The molecule has 0 fully saturated rings. The summed E-state index contributed by atoms with van der Waals surface area (Å²) >= 11 is 5.73. The van der Waals surface area contributed by atoms with Gasteiger partial charge in [-0.25, -0.2) is 8.78 Å². The molecule has 106 valence electrons. The molecule has 0 amide bonds. The lowest BCUT2D eigenvalue weighted by Gasteiger charge is -2.15. The molecule has 20 heavy (non-hydrogen) atoms. The smallest absolute Gasteiger partial charge is 0.127 e. The van der Waals surface area contributed by atoms with Gasteiger partial charge in [0.1, 0.15) is 11.6 Å². The van der Waals surface area contributed by atoms with E-state index in [-0.39, 0.29) is 17.6 Å². The van der Waals surface area contributed by atoms with Gasteiger partial charge in [-0.1, -0.05) is 29.8 Å². The maximum atomic E-state index is 13.8. The molecule has 0 aliphatic carbocycles. The van der Waals surface area contributed by atoms with Crippen LogP contribution < -0.4 is 5.73 Å². The summed E-state index contributed by atoms with van der Waals surface area (Å²) in [5.41, 5.74) is 7.20. The zero-order chi connectivity index (χ0) is 14.5. The van der Waals surface area contributed by atoms with Crippen LogP contribution in [0.3, 0.4) is 0 Å². The van der Waals surface area contributed by atoms with Gasteiger partial charge >= 0.3 is 0 Å². The van der Waals surface area contributed by atoms with Crippen molar-refractivity contribution in [2.45, 2.75) is 12.8 Å². The second-order valence-corrected chi connectivity index (χ2v) is 5.31. The van der Waals surface area contributed by atoms with Crippen LogP contribution in [0.15, 0.2) is 42.5 Å². The van der Waals surface area contributed by atoms with Crippen molar-refractivity contribution < 1.29 is 8.78 Å². The number of rotatable bonds is 5. The second-order valence-electron chi connectivity index (χ2n) is 4.88. The summed E-state index contributed by atoms with van der Waals surface area (Å²) in [4.78, 5) is 0. The Bertz CT molecular complexity index is 586. The summed E-state index contributed by atoms with van der Waals surface area (Å²) < 4.78 is 26.9. The number of halogens is 3. The van der Waals surface area contributed by atoms with E-state index in [1.807, 2.05) is 6.07 Å². The lowest BCUT2D eigenvalue weighted by Crippen LogP contribution is -2.20. The fourth-order valence-corrected chi connectivity index (χ4v) is 2.39. The zero-order valence-corrected chi connectivity index (χ0v) is 11.7. The molecule has 0 bridgehead atoms. The molecule has 2 rings (SSSR count). The molecule has 2 aromatic rings. The fraction of sp³-hybridized carbons (Fsp3) is 0.250. The summed E-state index contributed by atoms with van der Waals surface area (Å²) in [6.45, 7) is 0.415. The van der Waals surface area contributed by atoms with E-state index in [4.69, 9.17) is 17.3 Å². The molecule has 1 nitrogen and oxygen atoms in total. The van der Waals surface area contributed by atoms with Crippen LogP contribution in [0.2, 0.25) is 5.02 Å². The Balaban J connectivity index is 2.09. The highest BCUT2D eigenvalue weighted by molar-refractivity contribution is 6.30. The van der Waals surface area contributed by atoms with E-state index >= 15 is 0 Å². The van der Waals surface area contributed by atoms with Crippen molar-refractivity contribution in [1.82, 2.24) is 0 Å². The van der Waals surface area contributed by atoms with Crippen molar-refractivity contribution in [3.63, 3.8) is 0 Å². The predicted molar refractivity (Wildman–Crippen MR) is 77.8 cm³/mol. The van der Waals surface area contributed by atoms with Gasteiger partial charge in [-0.2, -0.15) is 0 Å². The Labute approximate surface area is 122 Å². The quantitative estimate of drug-likeness (QED) is 0.887. The number of hydrogen-bond donors (Lipinski definition) is 1. The van der Waals surface area contributed by atoms with Gasteiger partial charge in [-0.3, -0.25) is 0 Å². The van der Waals surface area contributed by atoms with E-state index in [0.29, 0.717) is 30.0 Å². The molecule has 0 aliphatic rings. The fourth-order valence-electron chi connectivity index (χ4n) is 2.23. The van der Waals surface area contributed by atoms with Crippen LogP contribution in [0.4, 0.5) is 8.78 Å². The zero-order valence-electron chi connectivity index (χ0n) is 11.0. The molecule has 0 saturated heterocycles. The minimum absolute atomic E-state index is 0.0625. The average molecular weight is 296 g/mol. The van der Waals surface area contributed by atoms with Gasteiger partial charge in [0.15, 0.2) is 0 Å². The topological polar surface area (TPSA) is 26.0 Å². The first-order valence-electron chi connectivity index (χ1n) is 6.47. The van der Waals surface area contributed by atoms with Gasteiger partial charge in [0.05, 0.1) is 0 Å². The Kier molecular flexibility index (Phi) is 5.10. The molecule has 0 radical (unpaired) electrons. The molecule has 0 aromatic heterocycles. The highest BCUT2D eigenvalue weighted by Crippen LogP contribution is 2.20. The van der Waals surface area contributed by atoms with Crippen LogP contribution in [0.5, 0.6) is 0 Å². The molecule has 1 atom stereocenters. The minimum atomic E-state index is -0.324. The summed E-state index contributed by atoms with van der Waals surface area (Å²) in [7, 11) is 0. The van der Waals surface area contributed by atoms with E-state index in [9.17, 15) is 8.78 Å². The molecule has 0 heterocycles. The van der Waals surface area contributed by atoms with Crippen LogP contribution in [0.25, 0.3) is 0 Å². The van der Waals surface area contributed by atoms with Gasteiger partial charge in [-0.05, 0) is 60.7 Å². The monoisotopic (exact) mass is 295 g/mol. The lowest BCUT2D eigenvalue weighted by molar-refractivity contribution is 0.510. The number of nitrogens with two attached hydrogens (primary N) is 1. The van der Waals surface area contributed by atoms with Crippen molar-refractivity contribution >= 4 is 11.6 Å². The summed E-state index contributed by atoms with van der Waals surface area (Å²) in [5, 5.41) is 0.376. The van der Waals surface area contributed by atoms with Gasteiger partial charge in [-0.15, -0.1) is 0 Å². The highest BCUT2D eigenvalue weighted by Gasteiger charge is 2.12. The first kappa shape index (κ1) is 14.9. The van der Waals surface area contributed by atoms with E-state index in [0.717, 1.165) is 5.56 Å². The SMILES string of the molecule is NCC(Cc1cccc(F)c1)Cc1ccc(Cl)cc1F. The van der Waals surface area contributed by atoms with Gasteiger partial charge in [0.25, 0.3) is 0 Å². The van der Waals surface area contributed by atoms with E-state index in [1.54, 1.807) is 18.2 Å². The van der Waals surface area contributed by atoms with Gasteiger partial charge in [0, 0.05) is 5.02 Å². The maximum absolute atomic E-state index is 13.8. The van der Waals surface area contributed by atoms with Crippen LogP contribution >= 0.6 is 11.6 Å². The third-order valence-corrected chi connectivity index (χ3v) is 3.51. The largest absolute Gasteiger partial charge is 0.330 e. The van der Waals surface area contributed by atoms with Crippen LogP contribution in [0, 0.1) is 17.6 Å². The van der Waals surface area contributed by atoms with Crippen molar-refractivity contribution in [2.75, 3.05) is 6.54 Å². The van der Waals surface area contributed by atoms with Crippen molar-refractivity contribution in [3.05, 3.63) is 70.2 Å². The molecule has 0 spiro atoms. The van der Waals surface area contributed by atoms with E-state index in [1.165, 1.54) is 18.2 Å². The molecular formula is C16H16ClF2N. The van der Waals surface area contributed by atoms with Crippen LogP contribution in [-0.2, 0) is 12.8 Å². The number of benzene rings is 2. The standard InChI is InChI=1S/C16H16ClF2N/c17-14-5-4-13(16(19)9-14)7-12(10-20)6-11-2-1-3-15(18)8-11/h1-5,8-9,12H,6-7,10,20H2.